The van der Waals surface area contributed by atoms with Crippen LogP contribution in [0.1, 0.15) is 45.2 Å². The Hall–Kier alpha value is -1.88. The van der Waals surface area contributed by atoms with Crippen LogP contribution in [0, 0.1) is 5.92 Å². The number of amides is 2. The van der Waals surface area contributed by atoms with Gasteiger partial charge in [-0.15, -0.1) is 0 Å². The van der Waals surface area contributed by atoms with E-state index >= 15 is 0 Å². The van der Waals surface area contributed by atoms with Crippen LogP contribution < -0.4 is 5.73 Å². The minimum absolute atomic E-state index is 0.0191. The maximum atomic E-state index is 12.9. The number of likely N-dealkylation sites (tertiary alicyclic amines) is 1. The molecule has 1 saturated heterocycles. The van der Waals surface area contributed by atoms with Crippen molar-refractivity contribution in [2.75, 3.05) is 19.6 Å². The van der Waals surface area contributed by atoms with Crippen LogP contribution >= 0.6 is 0 Å². The summed E-state index contributed by atoms with van der Waals surface area (Å²) in [5.74, 6) is -0.307. The molecule has 3 unspecified atom stereocenters. The first-order valence-corrected chi connectivity index (χ1v) is 8.91. The number of nitrogens with zero attached hydrogens (tertiary/aromatic N) is 2. The summed E-state index contributed by atoms with van der Waals surface area (Å²) in [6.07, 6.45) is 1.62. The molecule has 2 amide bonds. The van der Waals surface area contributed by atoms with E-state index in [0.29, 0.717) is 19.6 Å². The van der Waals surface area contributed by atoms with Gasteiger partial charge in [-0.1, -0.05) is 37.3 Å². The monoisotopic (exact) mass is 331 g/mol. The second-order valence-electron chi connectivity index (χ2n) is 6.43. The van der Waals surface area contributed by atoms with Gasteiger partial charge in [-0.25, -0.2) is 0 Å². The van der Waals surface area contributed by atoms with Crippen LogP contribution in [0.3, 0.4) is 0 Å². The van der Waals surface area contributed by atoms with Crippen LogP contribution in [-0.4, -0.2) is 47.3 Å². The number of likely N-dealkylation sites (N-methyl/N-ethyl adjacent to an activating group) is 1. The second-order valence-corrected chi connectivity index (χ2v) is 6.43. The largest absolute Gasteiger partial charge is 0.341 e. The predicted octanol–water partition coefficient (Wildman–Crippen LogP) is 2.18. The molecule has 0 spiro atoms. The molecule has 0 aliphatic carbocycles. The van der Waals surface area contributed by atoms with E-state index < -0.39 is 0 Å². The van der Waals surface area contributed by atoms with Crippen molar-refractivity contribution in [1.29, 1.82) is 0 Å². The van der Waals surface area contributed by atoms with E-state index in [0.717, 1.165) is 18.4 Å². The van der Waals surface area contributed by atoms with Gasteiger partial charge in [-0.3, -0.25) is 9.59 Å². The standard InChI is InChI=1S/C19H29N3O2/c1-4-21(5-2)19(24)16-12-9-13-22(16)18(23)14(3)17(20)15-10-7-6-8-11-15/h6-8,10-11,14,16-17H,4-5,9,12-13,20H2,1-3H3. The third-order valence-corrected chi connectivity index (χ3v) is 5.01. The van der Waals surface area contributed by atoms with Gasteiger partial charge in [-0.05, 0) is 32.3 Å². The van der Waals surface area contributed by atoms with Crippen molar-refractivity contribution in [3.63, 3.8) is 0 Å². The van der Waals surface area contributed by atoms with E-state index in [9.17, 15) is 9.59 Å². The van der Waals surface area contributed by atoms with Gasteiger partial charge in [0.15, 0.2) is 0 Å². The summed E-state index contributed by atoms with van der Waals surface area (Å²) < 4.78 is 0. The minimum Gasteiger partial charge on any atom is -0.341 e. The molecule has 1 fully saturated rings. The topological polar surface area (TPSA) is 66.6 Å². The molecule has 2 N–H and O–H groups in total. The molecule has 5 heteroatoms. The molecule has 1 aliphatic rings. The van der Waals surface area contributed by atoms with Crippen molar-refractivity contribution < 1.29 is 9.59 Å². The third-order valence-electron chi connectivity index (χ3n) is 5.01. The Labute approximate surface area is 144 Å². The lowest BCUT2D eigenvalue weighted by molar-refractivity contribution is -0.146. The fourth-order valence-electron chi connectivity index (χ4n) is 3.41. The van der Waals surface area contributed by atoms with E-state index in [2.05, 4.69) is 0 Å². The highest BCUT2D eigenvalue weighted by Crippen LogP contribution is 2.26. The van der Waals surface area contributed by atoms with Crippen molar-refractivity contribution in [3.8, 4) is 0 Å². The first-order chi connectivity index (χ1) is 11.5. The highest BCUT2D eigenvalue weighted by molar-refractivity contribution is 5.89. The molecule has 132 valence electrons. The smallest absolute Gasteiger partial charge is 0.245 e. The lowest BCUT2D eigenvalue weighted by atomic mass is 9.94. The van der Waals surface area contributed by atoms with Gasteiger partial charge in [-0.2, -0.15) is 0 Å². The molecule has 3 atom stereocenters. The summed E-state index contributed by atoms with van der Waals surface area (Å²) >= 11 is 0. The van der Waals surface area contributed by atoms with Gasteiger partial charge in [0.25, 0.3) is 0 Å². The van der Waals surface area contributed by atoms with Crippen molar-refractivity contribution in [1.82, 2.24) is 9.80 Å². The Morgan fingerprint density at radius 3 is 2.46 bits per heavy atom. The lowest BCUT2D eigenvalue weighted by Gasteiger charge is -2.32. The Balaban J connectivity index is 2.11. The fraction of sp³-hybridized carbons (Fsp3) is 0.579. The van der Waals surface area contributed by atoms with Crippen LogP contribution in [0.2, 0.25) is 0 Å². The van der Waals surface area contributed by atoms with Crippen LogP contribution in [0.15, 0.2) is 30.3 Å². The Bertz CT molecular complexity index is 557. The summed E-state index contributed by atoms with van der Waals surface area (Å²) in [6.45, 7) is 7.78. The molecule has 1 heterocycles. The van der Waals surface area contributed by atoms with E-state index in [1.165, 1.54) is 0 Å². The molecule has 0 radical (unpaired) electrons. The van der Waals surface area contributed by atoms with Gasteiger partial charge in [0, 0.05) is 25.7 Å². The third kappa shape index (κ3) is 3.78. The van der Waals surface area contributed by atoms with Gasteiger partial charge in [0.2, 0.25) is 11.8 Å². The molecule has 1 aliphatic heterocycles. The Morgan fingerprint density at radius 2 is 1.88 bits per heavy atom. The Kier molecular flexibility index (Phi) is 6.37. The summed E-state index contributed by atoms with van der Waals surface area (Å²) in [5.41, 5.74) is 7.25. The number of carbonyl (C=O) groups excluding carboxylic acids is 2. The van der Waals surface area contributed by atoms with E-state index in [-0.39, 0.29) is 29.8 Å². The number of hydrogen-bond acceptors (Lipinski definition) is 3. The average Bonchev–Trinajstić information content (AvgIpc) is 3.11. The molecular formula is C19H29N3O2. The molecular weight excluding hydrogens is 302 g/mol. The summed E-state index contributed by atoms with van der Waals surface area (Å²) in [4.78, 5) is 29.2. The Morgan fingerprint density at radius 1 is 1.25 bits per heavy atom. The SMILES string of the molecule is CCN(CC)C(=O)C1CCCN1C(=O)C(C)C(N)c1ccccc1. The van der Waals surface area contributed by atoms with Crippen LogP contribution in [0.4, 0.5) is 0 Å². The first kappa shape index (κ1) is 18.5. The number of nitrogens with two attached hydrogens (primary N) is 1. The second kappa shape index (κ2) is 8.29. The van der Waals surface area contributed by atoms with Gasteiger partial charge in [0.1, 0.15) is 6.04 Å². The zero-order valence-electron chi connectivity index (χ0n) is 14.9. The van der Waals surface area contributed by atoms with E-state index in [1.807, 2.05) is 51.1 Å². The summed E-state index contributed by atoms with van der Waals surface area (Å²) in [5, 5.41) is 0. The molecule has 2 rings (SSSR count). The van der Waals surface area contributed by atoms with Gasteiger partial charge < -0.3 is 15.5 Å². The van der Waals surface area contributed by atoms with Crippen LogP contribution in [0.5, 0.6) is 0 Å². The minimum atomic E-state index is -0.358. The number of rotatable bonds is 6. The maximum Gasteiger partial charge on any atom is 0.245 e. The van der Waals surface area contributed by atoms with E-state index in [1.54, 1.807) is 9.80 Å². The summed E-state index contributed by atoms with van der Waals surface area (Å²) in [6, 6.07) is 8.98. The van der Waals surface area contributed by atoms with Crippen LogP contribution in [0.25, 0.3) is 0 Å². The number of benzene rings is 1. The first-order valence-electron chi connectivity index (χ1n) is 8.91. The predicted molar refractivity (Wildman–Crippen MR) is 95.2 cm³/mol. The zero-order valence-corrected chi connectivity index (χ0v) is 14.9. The molecule has 0 bridgehead atoms. The van der Waals surface area contributed by atoms with Crippen molar-refractivity contribution in [2.24, 2.45) is 11.7 Å². The number of carbonyl (C=O) groups is 2. The summed E-state index contributed by atoms with van der Waals surface area (Å²) in [7, 11) is 0. The van der Waals surface area contributed by atoms with Crippen LogP contribution in [-0.2, 0) is 9.59 Å². The molecule has 5 nitrogen and oxygen atoms in total. The maximum absolute atomic E-state index is 12.9. The van der Waals surface area contributed by atoms with E-state index in [4.69, 9.17) is 5.73 Å². The molecule has 0 aromatic heterocycles. The van der Waals surface area contributed by atoms with Crippen molar-refractivity contribution >= 4 is 11.8 Å². The van der Waals surface area contributed by atoms with Crippen molar-refractivity contribution in [2.45, 2.75) is 45.7 Å². The fourth-order valence-corrected chi connectivity index (χ4v) is 3.41. The van der Waals surface area contributed by atoms with Gasteiger partial charge in [0.05, 0.1) is 5.92 Å². The highest BCUT2D eigenvalue weighted by atomic mass is 16.2. The zero-order chi connectivity index (χ0) is 17.7. The number of hydrogen-bond donors (Lipinski definition) is 1. The normalized spacial score (nSPS) is 19.8. The average molecular weight is 331 g/mol. The van der Waals surface area contributed by atoms with Crippen molar-refractivity contribution in [3.05, 3.63) is 35.9 Å². The highest BCUT2D eigenvalue weighted by Gasteiger charge is 2.38. The quantitative estimate of drug-likeness (QED) is 0.869. The molecule has 24 heavy (non-hydrogen) atoms. The lowest BCUT2D eigenvalue weighted by Crippen LogP contribution is -2.50. The van der Waals surface area contributed by atoms with Gasteiger partial charge >= 0.3 is 0 Å². The molecule has 0 saturated carbocycles. The molecule has 1 aromatic rings. The molecule has 1 aromatic carbocycles.